The van der Waals surface area contributed by atoms with E-state index in [9.17, 15) is 4.39 Å². The van der Waals surface area contributed by atoms with E-state index in [0.29, 0.717) is 18.0 Å². The molecule has 2 N–H and O–H groups in total. The molecular weight excluding hydrogens is 233 g/mol. The first-order valence-electron chi connectivity index (χ1n) is 6.26. The topological polar surface area (TPSA) is 48.4 Å². The summed E-state index contributed by atoms with van der Waals surface area (Å²) in [5.41, 5.74) is 6.88. The van der Waals surface area contributed by atoms with Gasteiger partial charge in [-0.2, -0.15) is 0 Å². The fourth-order valence-electron chi connectivity index (χ4n) is 2.48. The van der Waals surface area contributed by atoms with Crippen LogP contribution in [0.4, 0.5) is 4.39 Å². The van der Waals surface area contributed by atoms with Crippen LogP contribution < -0.4 is 5.73 Å². The zero-order valence-corrected chi connectivity index (χ0v) is 10.1. The van der Waals surface area contributed by atoms with Gasteiger partial charge in [0, 0.05) is 17.9 Å². The summed E-state index contributed by atoms with van der Waals surface area (Å²) in [5, 5.41) is 0.761. The van der Waals surface area contributed by atoms with Crippen molar-refractivity contribution in [1.82, 2.24) is 0 Å². The zero-order valence-electron chi connectivity index (χ0n) is 10.1. The monoisotopic (exact) mass is 249 g/mol. The molecule has 1 fully saturated rings. The van der Waals surface area contributed by atoms with Gasteiger partial charge in [-0.05, 0) is 37.1 Å². The first kappa shape index (κ1) is 11.7. The van der Waals surface area contributed by atoms with Crippen molar-refractivity contribution in [1.29, 1.82) is 0 Å². The van der Waals surface area contributed by atoms with Gasteiger partial charge in [-0.1, -0.05) is 0 Å². The average molecular weight is 249 g/mol. The molecule has 18 heavy (non-hydrogen) atoms. The number of rotatable bonds is 2. The molecule has 1 aliphatic heterocycles. The molecule has 96 valence electrons. The molecule has 0 saturated carbocycles. The van der Waals surface area contributed by atoms with Crippen LogP contribution in [0.3, 0.4) is 0 Å². The maximum absolute atomic E-state index is 13.1. The van der Waals surface area contributed by atoms with E-state index in [1.54, 1.807) is 6.07 Å². The fraction of sp³-hybridized carbons (Fsp3) is 0.429. The molecule has 0 bridgehead atoms. The van der Waals surface area contributed by atoms with E-state index in [-0.39, 0.29) is 17.8 Å². The second kappa shape index (κ2) is 4.71. The van der Waals surface area contributed by atoms with Gasteiger partial charge in [0.05, 0.1) is 12.6 Å². The van der Waals surface area contributed by atoms with Crippen LogP contribution in [-0.2, 0) is 4.74 Å². The van der Waals surface area contributed by atoms with Crippen molar-refractivity contribution in [2.45, 2.75) is 18.9 Å². The zero-order chi connectivity index (χ0) is 12.5. The summed E-state index contributed by atoms with van der Waals surface area (Å²) in [7, 11) is 0. The van der Waals surface area contributed by atoms with Crippen LogP contribution in [0.15, 0.2) is 28.7 Å². The first-order chi connectivity index (χ1) is 8.74. The lowest BCUT2D eigenvalue weighted by molar-refractivity contribution is 0.0421. The van der Waals surface area contributed by atoms with Crippen molar-refractivity contribution in [2.75, 3.05) is 13.2 Å². The first-order valence-corrected chi connectivity index (χ1v) is 6.26. The predicted octanol–water partition coefficient (Wildman–Crippen LogP) is 3.00. The Morgan fingerprint density at radius 3 is 3.00 bits per heavy atom. The average Bonchev–Trinajstić information content (AvgIpc) is 2.81. The van der Waals surface area contributed by atoms with Crippen molar-refractivity contribution in [3.05, 3.63) is 35.8 Å². The fourth-order valence-corrected chi connectivity index (χ4v) is 2.48. The highest BCUT2D eigenvalue weighted by Gasteiger charge is 2.25. The van der Waals surface area contributed by atoms with Crippen molar-refractivity contribution in [3.63, 3.8) is 0 Å². The van der Waals surface area contributed by atoms with Gasteiger partial charge in [0.25, 0.3) is 0 Å². The van der Waals surface area contributed by atoms with Crippen LogP contribution in [0.5, 0.6) is 0 Å². The Morgan fingerprint density at radius 1 is 1.33 bits per heavy atom. The van der Waals surface area contributed by atoms with Crippen LogP contribution in [0.1, 0.15) is 24.6 Å². The second-order valence-corrected chi connectivity index (χ2v) is 4.83. The molecule has 1 aliphatic rings. The lowest BCUT2D eigenvalue weighted by atomic mass is 9.93. The molecule has 2 unspecified atom stereocenters. The Balaban J connectivity index is 1.88. The molecule has 2 heterocycles. The molecule has 3 rings (SSSR count). The Morgan fingerprint density at radius 2 is 2.22 bits per heavy atom. The van der Waals surface area contributed by atoms with Gasteiger partial charge in [-0.25, -0.2) is 4.39 Å². The Kier molecular flexibility index (Phi) is 3.06. The molecule has 1 saturated heterocycles. The molecule has 3 nitrogen and oxygen atoms in total. The molecule has 0 aliphatic carbocycles. The third kappa shape index (κ3) is 2.13. The number of nitrogens with two attached hydrogens (primary N) is 1. The van der Waals surface area contributed by atoms with Crippen molar-refractivity contribution < 1.29 is 13.5 Å². The van der Waals surface area contributed by atoms with Crippen LogP contribution >= 0.6 is 0 Å². The molecule has 4 heteroatoms. The van der Waals surface area contributed by atoms with Crippen LogP contribution in [0.25, 0.3) is 11.0 Å². The number of hydrogen-bond acceptors (Lipinski definition) is 3. The van der Waals surface area contributed by atoms with Crippen molar-refractivity contribution >= 4 is 11.0 Å². The molecule has 2 aromatic rings. The van der Waals surface area contributed by atoms with Gasteiger partial charge in [0.1, 0.15) is 17.2 Å². The summed E-state index contributed by atoms with van der Waals surface area (Å²) in [5.74, 6) is 0.736. The third-order valence-electron chi connectivity index (χ3n) is 3.53. The van der Waals surface area contributed by atoms with Crippen LogP contribution in [-0.4, -0.2) is 13.2 Å². The Labute approximate surface area is 105 Å². The van der Waals surface area contributed by atoms with Gasteiger partial charge in [-0.15, -0.1) is 0 Å². The minimum atomic E-state index is -0.260. The van der Waals surface area contributed by atoms with E-state index in [0.717, 1.165) is 24.8 Å². The predicted molar refractivity (Wildman–Crippen MR) is 66.6 cm³/mol. The smallest absolute Gasteiger partial charge is 0.134 e. The van der Waals surface area contributed by atoms with Crippen LogP contribution in [0, 0.1) is 11.7 Å². The Hall–Kier alpha value is -1.39. The van der Waals surface area contributed by atoms with Crippen molar-refractivity contribution in [3.8, 4) is 0 Å². The highest BCUT2D eigenvalue weighted by molar-refractivity contribution is 5.78. The normalized spacial score (nSPS) is 22.2. The standard InChI is InChI=1S/C14H16FNO2/c15-11-3-4-12-10(6-11)7-13(18-12)14(16)9-2-1-5-17-8-9/h3-4,6-7,9,14H,1-2,5,8,16H2. The molecule has 0 amide bonds. The van der Waals surface area contributed by atoms with Crippen LogP contribution in [0.2, 0.25) is 0 Å². The summed E-state index contributed by atoms with van der Waals surface area (Å²) >= 11 is 0. The van der Waals surface area contributed by atoms with Gasteiger partial charge in [0.2, 0.25) is 0 Å². The number of ether oxygens (including phenoxy) is 1. The molecular formula is C14H16FNO2. The lowest BCUT2D eigenvalue weighted by Crippen LogP contribution is -2.28. The molecule has 1 aromatic heterocycles. The van der Waals surface area contributed by atoms with Gasteiger partial charge in [0.15, 0.2) is 0 Å². The highest BCUT2D eigenvalue weighted by atomic mass is 19.1. The highest BCUT2D eigenvalue weighted by Crippen LogP contribution is 2.30. The summed E-state index contributed by atoms with van der Waals surface area (Å²) < 4.78 is 24.2. The molecule has 1 aromatic carbocycles. The van der Waals surface area contributed by atoms with Crippen molar-refractivity contribution in [2.24, 2.45) is 11.7 Å². The van der Waals surface area contributed by atoms with E-state index in [4.69, 9.17) is 14.9 Å². The number of hydrogen-bond donors (Lipinski definition) is 1. The summed E-state index contributed by atoms with van der Waals surface area (Å²) in [4.78, 5) is 0. The number of furan rings is 1. The quantitative estimate of drug-likeness (QED) is 0.890. The SMILES string of the molecule is NC(c1cc2cc(F)ccc2o1)C1CCCOC1. The molecule has 0 radical (unpaired) electrons. The van der Waals surface area contributed by atoms with E-state index < -0.39 is 0 Å². The third-order valence-corrected chi connectivity index (χ3v) is 3.53. The van der Waals surface area contributed by atoms with E-state index in [1.165, 1.54) is 12.1 Å². The maximum atomic E-state index is 13.1. The largest absolute Gasteiger partial charge is 0.459 e. The number of benzene rings is 1. The Bertz CT molecular complexity index is 546. The molecule has 2 atom stereocenters. The minimum absolute atomic E-state index is 0.180. The summed E-state index contributed by atoms with van der Waals surface area (Å²) in [6.07, 6.45) is 2.08. The van der Waals surface area contributed by atoms with E-state index in [1.807, 2.05) is 6.07 Å². The minimum Gasteiger partial charge on any atom is -0.459 e. The van der Waals surface area contributed by atoms with E-state index >= 15 is 0 Å². The van der Waals surface area contributed by atoms with Gasteiger partial charge < -0.3 is 14.9 Å². The number of fused-ring (bicyclic) bond motifs is 1. The second-order valence-electron chi connectivity index (χ2n) is 4.83. The number of halogens is 1. The summed E-state index contributed by atoms with van der Waals surface area (Å²) in [6, 6.07) is 6.15. The molecule has 0 spiro atoms. The maximum Gasteiger partial charge on any atom is 0.134 e. The van der Waals surface area contributed by atoms with Gasteiger partial charge in [-0.3, -0.25) is 0 Å². The lowest BCUT2D eigenvalue weighted by Gasteiger charge is -2.26. The van der Waals surface area contributed by atoms with Gasteiger partial charge >= 0.3 is 0 Å². The van der Waals surface area contributed by atoms with E-state index in [2.05, 4.69) is 0 Å². The summed E-state index contributed by atoms with van der Waals surface area (Å²) in [6.45, 7) is 1.49.